The van der Waals surface area contributed by atoms with E-state index in [2.05, 4.69) is 13.2 Å². The molecular weight excluding hydrogens is 1190 g/mol. The minimum atomic E-state index is -1.64. The molecule has 15 rings (SSSR count). The summed E-state index contributed by atoms with van der Waals surface area (Å²) in [6, 6.07) is 82.3. The van der Waals surface area contributed by atoms with Gasteiger partial charge in [0.2, 0.25) is 0 Å². The zero-order valence-electron chi connectivity index (χ0n) is 50.0. The molecule has 0 amide bonds. The van der Waals surface area contributed by atoms with Crippen molar-refractivity contribution in [3.63, 3.8) is 0 Å². The summed E-state index contributed by atoms with van der Waals surface area (Å²) >= 11 is 0. The number of ether oxygens (including phenoxy) is 2. The number of hydrogen-bond acceptors (Lipinski definition) is 3. The van der Waals surface area contributed by atoms with Crippen LogP contribution in [0.5, 0.6) is 23.0 Å². The standard InChI is InChI=1S/C84H52F7NO2/c1-3-51-16-34-63(35-17-51)93-65-38-24-57(25-39-65)83(73-44-46-77(86)81(90)79(73)88)71-14-7-5-12-67(71)69-42-32-61(49-75(69)83)92(60-30-22-54(23-31-60)56-11-9-10-55(48-56)53-20-28-59(85)29-21-53)62-33-43-70-68-13-6-8-15-72(68)84(76(70)50-62,74-45-47-78(87)82(91)80(74)89)58-26-40-66(41-27-58)94-64-36-18-52(4-2)19-37-64/h3-50H,1-2H2. The van der Waals surface area contributed by atoms with Crippen LogP contribution in [0.3, 0.4) is 0 Å². The average Bonchev–Trinajstić information content (AvgIpc) is 1.52. The smallest absolute Gasteiger partial charge is 0.194 e. The second kappa shape index (κ2) is 23.5. The van der Waals surface area contributed by atoms with Crippen molar-refractivity contribution in [2.45, 2.75) is 10.8 Å². The maximum Gasteiger partial charge on any atom is 0.194 e. The third-order valence-corrected chi connectivity index (χ3v) is 18.2. The Hall–Kier alpha value is -11.8. The fourth-order valence-corrected chi connectivity index (χ4v) is 13.9. The van der Waals surface area contributed by atoms with E-state index >= 15 is 26.3 Å². The molecule has 0 fully saturated rings. The van der Waals surface area contributed by atoms with E-state index in [9.17, 15) is 4.39 Å². The summed E-state index contributed by atoms with van der Waals surface area (Å²) in [5.41, 5.74) is 9.57. The number of anilines is 3. The van der Waals surface area contributed by atoms with Crippen molar-refractivity contribution in [2.75, 3.05) is 4.90 Å². The van der Waals surface area contributed by atoms with Gasteiger partial charge in [-0.2, -0.15) is 0 Å². The van der Waals surface area contributed by atoms with Crippen LogP contribution in [0.25, 0.3) is 56.7 Å². The normalized spacial score (nSPS) is 14.9. The molecule has 0 radical (unpaired) electrons. The Morgan fingerprint density at radius 1 is 0.287 bits per heavy atom. The first-order chi connectivity index (χ1) is 45.8. The third kappa shape index (κ3) is 9.67. The summed E-state index contributed by atoms with van der Waals surface area (Å²) in [5, 5.41) is 0. The van der Waals surface area contributed by atoms with Gasteiger partial charge in [0, 0.05) is 28.2 Å². The molecule has 3 nitrogen and oxygen atoms in total. The predicted octanol–water partition coefficient (Wildman–Crippen LogP) is 23.1. The van der Waals surface area contributed by atoms with Crippen LogP contribution in [0, 0.1) is 40.7 Å². The molecule has 0 saturated carbocycles. The molecule has 2 atom stereocenters. The highest BCUT2D eigenvalue weighted by Gasteiger charge is 2.51. The van der Waals surface area contributed by atoms with E-state index in [0.717, 1.165) is 56.6 Å². The number of nitrogens with zero attached hydrogens (tertiary/aromatic N) is 1. The van der Waals surface area contributed by atoms with E-state index in [0.29, 0.717) is 84.6 Å². The summed E-state index contributed by atoms with van der Waals surface area (Å²) in [7, 11) is 0. The highest BCUT2D eigenvalue weighted by Crippen LogP contribution is 2.61. The summed E-state index contributed by atoms with van der Waals surface area (Å²) in [5.74, 6) is -7.00. The molecule has 0 saturated heterocycles. The predicted molar refractivity (Wildman–Crippen MR) is 360 cm³/mol. The van der Waals surface area contributed by atoms with Crippen molar-refractivity contribution in [3.05, 3.63) is 389 Å². The molecule has 454 valence electrons. The van der Waals surface area contributed by atoms with Gasteiger partial charge in [-0.1, -0.05) is 189 Å². The molecule has 0 aromatic heterocycles. The zero-order chi connectivity index (χ0) is 64.4. The van der Waals surface area contributed by atoms with Crippen LogP contribution in [0.15, 0.2) is 292 Å². The van der Waals surface area contributed by atoms with Crippen LogP contribution in [-0.2, 0) is 10.8 Å². The molecule has 2 aliphatic carbocycles. The first-order valence-electron chi connectivity index (χ1n) is 30.4. The molecule has 2 aliphatic rings. The minimum absolute atomic E-state index is 0.141. The first kappa shape index (κ1) is 58.6. The molecule has 0 heterocycles. The van der Waals surface area contributed by atoms with Crippen molar-refractivity contribution in [1.29, 1.82) is 0 Å². The molecule has 13 aromatic carbocycles. The van der Waals surface area contributed by atoms with Crippen molar-refractivity contribution < 1.29 is 40.2 Å². The van der Waals surface area contributed by atoms with Gasteiger partial charge in [0.25, 0.3) is 0 Å². The number of benzene rings is 13. The SMILES string of the molecule is C=Cc1ccc(Oc2ccc(C3(c4ccc(F)c(F)c4F)c4ccccc4-c4ccc(N(c5ccc(-c6cccc(-c7ccc(F)cc7)c6)cc5)c5ccc6c(c5)C(c5ccc(Oc7ccc(C=C)cc7)cc5)(c5ccc(F)c(F)c5F)c5ccccc5-6)cc43)cc2)cc1. The number of fused-ring (bicyclic) bond motifs is 6. The third-order valence-electron chi connectivity index (χ3n) is 18.2. The lowest BCUT2D eigenvalue weighted by Crippen LogP contribution is -2.31. The number of rotatable bonds is 15. The molecule has 0 spiro atoms. The van der Waals surface area contributed by atoms with Gasteiger partial charge in [-0.15, -0.1) is 0 Å². The van der Waals surface area contributed by atoms with Crippen LogP contribution in [-0.4, -0.2) is 0 Å². The van der Waals surface area contributed by atoms with Gasteiger partial charge in [-0.3, -0.25) is 0 Å². The zero-order valence-corrected chi connectivity index (χ0v) is 50.0. The van der Waals surface area contributed by atoms with Crippen LogP contribution in [0.2, 0.25) is 0 Å². The summed E-state index contributed by atoms with van der Waals surface area (Å²) < 4.78 is 125. The topological polar surface area (TPSA) is 21.7 Å². The van der Waals surface area contributed by atoms with E-state index < -0.39 is 45.7 Å². The Bertz CT molecular complexity index is 4870. The van der Waals surface area contributed by atoms with Crippen molar-refractivity contribution >= 4 is 29.2 Å². The Morgan fingerprint density at radius 2 is 0.660 bits per heavy atom. The molecule has 0 aliphatic heterocycles. The van der Waals surface area contributed by atoms with Crippen LogP contribution >= 0.6 is 0 Å². The highest BCUT2D eigenvalue weighted by molar-refractivity contribution is 5.93. The fraction of sp³-hybridized carbons (Fsp3) is 0.0238. The number of halogens is 7. The maximum absolute atomic E-state index is 17.4. The Morgan fingerprint density at radius 3 is 1.07 bits per heavy atom. The molecule has 94 heavy (non-hydrogen) atoms. The van der Waals surface area contributed by atoms with Gasteiger partial charge in [-0.05, 0) is 204 Å². The summed E-state index contributed by atoms with van der Waals surface area (Å²) in [6.45, 7) is 7.70. The second-order valence-corrected chi connectivity index (χ2v) is 23.3. The van der Waals surface area contributed by atoms with Crippen LogP contribution < -0.4 is 14.4 Å². The summed E-state index contributed by atoms with van der Waals surface area (Å²) in [6.07, 6.45) is 3.46. The lowest BCUT2D eigenvalue weighted by Gasteiger charge is -2.36. The second-order valence-electron chi connectivity index (χ2n) is 23.3. The van der Waals surface area contributed by atoms with Gasteiger partial charge < -0.3 is 14.4 Å². The Balaban J connectivity index is 0.952. The monoisotopic (exact) mass is 1240 g/mol. The first-order valence-corrected chi connectivity index (χ1v) is 30.4. The van der Waals surface area contributed by atoms with E-state index in [1.54, 1.807) is 48.6 Å². The molecule has 0 bridgehead atoms. The lowest BCUT2D eigenvalue weighted by atomic mass is 9.67. The van der Waals surface area contributed by atoms with Crippen LogP contribution in [0.1, 0.15) is 55.6 Å². The largest absolute Gasteiger partial charge is 0.457 e. The minimum Gasteiger partial charge on any atom is -0.457 e. The van der Waals surface area contributed by atoms with Crippen molar-refractivity contribution in [3.8, 4) is 67.5 Å². The van der Waals surface area contributed by atoms with E-state index in [1.807, 2.05) is 211 Å². The van der Waals surface area contributed by atoms with Gasteiger partial charge >= 0.3 is 0 Å². The van der Waals surface area contributed by atoms with E-state index in [1.165, 1.54) is 24.3 Å². The van der Waals surface area contributed by atoms with Gasteiger partial charge in [0.15, 0.2) is 34.9 Å². The fourth-order valence-electron chi connectivity index (χ4n) is 13.9. The molecule has 13 aromatic rings. The molecular formula is C84H52F7NO2. The molecule has 2 unspecified atom stereocenters. The molecule has 0 N–H and O–H groups in total. The summed E-state index contributed by atoms with van der Waals surface area (Å²) in [4.78, 5) is 2.01. The Kier molecular flexibility index (Phi) is 14.6. The highest BCUT2D eigenvalue weighted by atomic mass is 19.2. The van der Waals surface area contributed by atoms with Gasteiger partial charge in [0.05, 0.1) is 10.8 Å². The van der Waals surface area contributed by atoms with Crippen molar-refractivity contribution in [2.24, 2.45) is 0 Å². The van der Waals surface area contributed by atoms with Gasteiger partial charge in [0.1, 0.15) is 28.8 Å². The maximum atomic E-state index is 17.4. The quantitative estimate of drug-likeness (QED) is 0.0754. The Labute approximate surface area is 538 Å². The number of hydrogen-bond donors (Lipinski definition) is 0. The van der Waals surface area contributed by atoms with Crippen molar-refractivity contribution in [1.82, 2.24) is 0 Å². The van der Waals surface area contributed by atoms with Gasteiger partial charge in [-0.25, -0.2) is 30.7 Å². The lowest BCUT2D eigenvalue weighted by molar-refractivity contribution is 0.435. The molecule has 10 heteroatoms. The van der Waals surface area contributed by atoms with E-state index in [4.69, 9.17) is 9.47 Å². The van der Waals surface area contributed by atoms with Crippen LogP contribution in [0.4, 0.5) is 47.8 Å². The van der Waals surface area contributed by atoms with E-state index in [-0.39, 0.29) is 16.9 Å². The average molecular weight is 1240 g/mol.